The van der Waals surface area contributed by atoms with Crippen molar-refractivity contribution in [1.29, 1.82) is 0 Å². The normalized spacial score (nSPS) is 13.1. The van der Waals surface area contributed by atoms with Crippen LogP contribution in [-0.4, -0.2) is 12.6 Å². The monoisotopic (exact) mass is 980 g/mol. The highest BCUT2D eigenvalue weighted by Crippen LogP contribution is 2.40. The maximum Gasteiger partial charge on any atom is 0.0554 e. The summed E-state index contributed by atoms with van der Waals surface area (Å²) in [4.78, 5) is 9.38. The Balaban J connectivity index is 0.806. The molecule has 1 aliphatic rings. The Hall–Kier alpha value is -9.64. The summed E-state index contributed by atoms with van der Waals surface area (Å²) >= 11 is 0. The first kappa shape index (κ1) is 48.6. The second kappa shape index (κ2) is 23.1. The molecule has 0 amide bonds. The maximum atomic E-state index is 4.15. The number of rotatable bonds is 19. The summed E-state index contributed by atoms with van der Waals surface area (Å²) in [5.74, 6) is 0.277. The third-order valence-corrected chi connectivity index (χ3v) is 14.2. The first-order chi connectivity index (χ1) is 37.6. The molecule has 0 saturated heterocycles. The van der Waals surface area contributed by atoms with E-state index in [1.165, 1.54) is 22.5 Å². The van der Waals surface area contributed by atoms with Crippen molar-refractivity contribution in [2.75, 3.05) is 26.1 Å². The Labute approximate surface area is 449 Å². The van der Waals surface area contributed by atoms with E-state index < -0.39 is 0 Å². The van der Waals surface area contributed by atoms with E-state index in [-0.39, 0.29) is 12.0 Å². The second-order valence-electron chi connectivity index (χ2n) is 19.0. The molecular weight excluding hydrogens is 921 g/mol. The van der Waals surface area contributed by atoms with Gasteiger partial charge in [0.05, 0.1) is 6.04 Å². The van der Waals surface area contributed by atoms with Gasteiger partial charge in [0, 0.05) is 69.3 Å². The van der Waals surface area contributed by atoms with Crippen LogP contribution in [0.2, 0.25) is 0 Å². The van der Waals surface area contributed by atoms with Crippen molar-refractivity contribution >= 4 is 62.4 Å². The van der Waals surface area contributed by atoms with Crippen molar-refractivity contribution in [3.8, 4) is 22.3 Å². The standard InChI is InChI=1S/C72H60N4/c1-3-20-62(4-2)74(65-25-14-7-15-26-65)68-43-33-56(34-44-68)57-35-45-69(46-36-57)75(66-27-16-8-17-28-66)70-47-37-58(38-48-70)59-39-49-71(50-40-59)76(67-29-18-9-19-30-67)72-51-41-60(42-52-72)61-32-31-55(53-61)54-73(63-21-10-5-11-22-63)64-23-12-6-13-24-64/h3-19,21-53,55,62H,1-2,20,54H2. The highest BCUT2D eigenvalue weighted by Gasteiger charge is 2.21. The summed E-state index contributed by atoms with van der Waals surface area (Å²) in [5, 5.41) is 0. The molecule has 0 aromatic heterocycles. The van der Waals surface area contributed by atoms with Crippen LogP contribution in [0.3, 0.4) is 0 Å². The predicted octanol–water partition coefficient (Wildman–Crippen LogP) is 19.6. The molecule has 0 aliphatic heterocycles. The van der Waals surface area contributed by atoms with Crippen LogP contribution in [0.25, 0.3) is 27.8 Å². The Kier molecular flexibility index (Phi) is 14.7. The summed E-state index contributed by atoms with van der Waals surface area (Å²) in [6, 6.07) is 97.6. The van der Waals surface area contributed by atoms with E-state index in [2.05, 4.69) is 318 Å². The minimum absolute atomic E-state index is 0.0901. The van der Waals surface area contributed by atoms with E-state index in [4.69, 9.17) is 0 Å². The minimum Gasteiger partial charge on any atom is -0.341 e. The highest BCUT2D eigenvalue weighted by atomic mass is 15.2. The molecule has 2 unspecified atom stereocenters. The van der Waals surface area contributed by atoms with Gasteiger partial charge in [-0.05, 0) is 161 Å². The van der Waals surface area contributed by atoms with Crippen LogP contribution in [0.15, 0.2) is 317 Å². The van der Waals surface area contributed by atoms with Crippen LogP contribution in [0.1, 0.15) is 12.0 Å². The van der Waals surface area contributed by atoms with Gasteiger partial charge in [0.15, 0.2) is 0 Å². The molecule has 4 heteroatoms. The molecule has 4 nitrogen and oxygen atoms in total. The van der Waals surface area contributed by atoms with E-state index in [9.17, 15) is 0 Å². The third-order valence-electron chi connectivity index (χ3n) is 14.2. The number of para-hydroxylation sites is 5. The lowest BCUT2D eigenvalue weighted by atomic mass is 10.0. The highest BCUT2D eigenvalue weighted by molar-refractivity contribution is 5.84. The average molecular weight is 981 g/mol. The topological polar surface area (TPSA) is 13.0 Å². The zero-order chi connectivity index (χ0) is 51.5. The molecular formula is C72H60N4. The number of nitrogens with zero attached hydrogens (tertiary/aromatic N) is 4. The van der Waals surface area contributed by atoms with Gasteiger partial charge < -0.3 is 19.6 Å². The summed E-state index contributed by atoms with van der Waals surface area (Å²) in [6.07, 6.45) is 11.8. The lowest BCUT2D eigenvalue weighted by Gasteiger charge is -2.31. The van der Waals surface area contributed by atoms with Gasteiger partial charge in [-0.1, -0.05) is 182 Å². The van der Waals surface area contributed by atoms with Gasteiger partial charge in [0.1, 0.15) is 0 Å². The van der Waals surface area contributed by atoms with Gasteiger partial charge in [-0.3, -0.25) is 0 Å². The Morgan fingerprint density at radius 1 is 0.342 bits per heavy atom. The molecule has 0 spiro atoms. The first-order valence-corrected chi connectivity index (χ1v) is 26.2. The summed E-state index contributed by atoms with van der Waals surface area (Å²) in [7, 11) is 0. The fraction of sp³-hybridized carbons (Fsp3) is 0.0556. The molecule has 1 aliphatic carbocycles. The molecule has 76 heavy (non-hydrogen) atoms. The van der Waals surface area contributed by atoms with Crippen LogP contribution in [0, 0.1) is 5.92 Å². The van der Waals surface area contributed by atoms with Gasteiger partial charge in [-0.15, -0.1) is 13.2 Å². The van der Waals surface area contributed by atoms with E-state index in [1.54, 1.807) is 0 Å². The second-order valence-corrected chi connectivity index (χ2v) is 19.0. The maximum absolute atomic E-state index is 4.15. The van der Waals surface area contributed by atoms with E-state index >= 15 is 0 Å². The minimum atomic E-state index is 0.0901. The smallest absolute Gasteiger partial charge is 0.0554 e. The molecule has 10 aromatic carbocycles. The van der Waals surface area contributed by atoms with Crippen LogP contribution >= 0.6 is 0 Å². The molecule has 0 saturated carbocycles. The molecule has 0 fully saturated rings. The largest absolute Gasteiger partial charge is 0.341 e. The van der Waals surface area contributed by atoms with E-state index in [1.807, 2.05) is 18.2 Å². The third kappa shape index (κ3) is 10.8. The molecule has 368 valence electrons. The van der Waals surface area contributed by atoms with Gasteiger partial charge in [0.25, 0.3) is 0 Å². The molecule has 11 rings (SSSR count). The van der Waals surface area contributed by atoms with E-state index in [0.29, 0.717) is 0 Å². The van der Waals surface area contributed by atoms with E-state index in [0.717, 1.165) is 80.7 Å². The Morgan fingerprint density at radius 3 is 1.00 bits per heavy atom. The van der Waals surface area contributed by atoms with Crippen LogP contribution in [0.4, 0.5) is 56.9 Å². The van der Waals surface area contributed by atoms with Crippen molar-refractivity contribution in [2.45, 2.75) is 12.5 Å². The van der Waals surface area contributed by atoms with Crippen LogP contribution in [0.5, 0.6) is 0 Å². The van der Waals surface area contributed by atoms with Crippen molar-refractivity contribution in [3.05, 3.63) is 322 Å². The summed E-state index contributed by atoms with van der Waals surface area (Å²) in [5.41, 5.74) is 18.2. The molecule has 0 radical (unpaired) electrons. The van der Waals surface area contributed by atoms with Crippen molar-refractivity contribution < 1.29 is 0 Å². The van der Waals surface area contributed by atoms with Crippen molar-refractivity contribution in [3.63, 3.8) is 0 Å². The SMILES string of the molecule is C=CCC(C=C)N(c1ccccc1)c1ccc(-c2ccc(N(c3ccccc3)c3ccc(-c4ccc(N(c5ccccc5)c5ccc(C6=CC(CN(c7ccccc7)c7ccccc7)C=C6)cc5)cc4)cc3)cc2)cc1. The number of hydrogen-bond acceptors (Lipinski definition) is 4. The first-order valence-electron chi connectivity index (χ1n) is 26.2. The molecule has 2 atom stereocenters. The van der Waals surface area contributed by atoms with Crippen LogP contribution in [-0.2, 0) is 0 Å². The average Bonchev–Trinajstić information content (AvgIpc) is 3.98. The molecule has 0 heterocycles. The number of anilines is 10. The fourth-order valence-electron chi connectivity index (χ4n) is 10.3. The number of hydrogen-bond donors (Lipinski definition) is 0. The Bertz CT molecular complexity index is 3480. The van der Waals surface area contributed by atoms with Gasteiger partial charge >= 0.3 is 0 Å². The molecule has 0 N–H and O–H groups in total. The van der Waals surface area contributed by atoms with Crippen molar-refractivity contribution in [2.24, 2.45) is 5.92 Å². The number of benzene rings is 10. The lowest BCUT2D eigenvalue weighted by molar-refractivity contribution is 0.795. The van der Waals surface area contributed by atoms with Gasteiger partial charge in [-0.2, -0.15) is 0 Å². The number of allylic oxidation sites excluding steroid dienone is 2. The zero-order valence-electron chi connectivity index (χ0n) is 42.6. The van der Waals surface area contributed by atoms with Crippen LogP contribution < -0.4 is 19.6 Å². The predicted molar refractivity (Wildman–Crippen MR) is 325 cm³/mol. The Morgan fingerprint density at radius 2 is 0.645 bits per heavy atom. The van der Waals surface area contributed by atoms with Crippen molar-refractivity contribution in [1.82, 2.24) is 0 Å². The quantitative estimate of drug-likeness (QED) is 0.0749. The fourth-order valence-corrected chi connectivity index (χ4v) is 10.3. The van der Waals surface area contributed by atoms with Gasteiger partial charge in [0.2, 0.25) is 0 Å². The molecule has 0 bridgehead atoms. The summed E-state index contributed by atoms with van der Waals surface area (Å²) in [6.45, 7) is 9.02. The lowest BCUT2D eigenvalue weighted by Crippen LogP contribution is -2.28. The van der Waals surface area contributed by atoms with Gasteiger partial charge in [-0.25, -0.2) is 0 Å². The summed E-state index contributed by atoms with van der Waals surface area (Å²) < 4.78 is 0. The molecule has 10 aromatic rings. The zero-order valence-corrected chi connectivity index (χ0v) is 42.6.